The molecule has 0 fully saturated rings. The molecule has 0 radical (unpaired) electrons. The van der Waals surface area contributed by atoms with Crippen LogP contribution in [0.2, 0.25) is 5.15 Å². The molecule has 0 bridgehead atoms. The van der Waals surface area contributed by atoms with Gasteiger partial charge in [0.1, 0.15) is 5.15 Å². The molecule has 1 nitrogen and oxygen atoms in total. The van der Waals surface area contributed by atoms with Gasteiger partial charge in [0, 0.05) is 15.4 Å². The van der Waals surface area contributed by atoms with E-state index in [-0.39, 0.29) is 0 Å². The van der Waals surface area contributed by atoms with E-state index in [1.165, 1.54) is 0 Å². The van der Waals surface area contributed by atoms with Gasteiger partial charge >= 0.3 is 0 Å². The zero-order valence-corrected chi connectivity index (χ0v) is 11.7. The molecule has 0 amide bonds. The molecule has 88 valence electrons. The molecule has 0 aliphatic carbocycles. The predicted octanol–water partition coefficient (Wildman–Crippen LogP) is 5.32. The van der Waals surface area contributed by atoms with Gasteiger partial charge < -0.3 is 0 Å². The van der Waals surface area contributed by atoms with E-state index in [9.17, 15) is 0 Å². The molecule has 0 N–H and O–H groups in total. The average molecular weight is 319 g/mol. The second kappa shape index (κ2) is 4.71. The molecule has 1 heterocycles. The van der Waals surface area contributed by atoms with Gasteiger partial charge in [-0.15, -0.1) is 0 Å². The molecule has 0 spiro atoms. The Balaban J connectivity index is 2.27. The van der Waals surface area contributed by atoms with Crippen LogP contribution in [0.25, 0.3) is 22.0 Å². The summed E-state index contributed by atoms with van der Waals surface area (Å²) < 4.78 is 1.04. The van der Waals surface area contributed by atoms with Crippen molar-refractivity contribution in [2.24, 2.45) is 0 Å². The first-order valence-electron chi connectivity index (χ1n) is 5.55. The number of nitrogens with zero attached hydrogens (tertiary/aromatic N) is 1. The topological polar surface area (TPSA) is 12.9 Å². The molecule has 0 saturated heterocycles. The molecule has 3 rings (SSSR count). The average Bonchev–Trinajstić information content (AvgIpc) is 2.39. The zero-order valence-electron chi connectivity index (χ0n) is 9.40. The third-order valence-corrected chi connectivity index (χ3v) is 3.60. The summed E-state index contributed by atoms with van der Waals surface area (Å²) in [5, 5.41) is 1.61. The number of fused-ring (bicyclic) bond motifs is 1. The molecule has 0 saturated carbocycles. The summed E-state index contributed by atoms with van der Waals surface area (Å²) in [6.45, 7) is 0. The molecule has 18 heavy (non-hydrogen) atoms. The summed E-state index contributed by atoms with van der Waals surface area (Å²) in [7, 11) is 0. The Morgan fingerprint density at radius 2 is 1.72 bits per heavy atom. The molecule has 3 aromatic rings. The maximum atomic E-state index is 6.25. The van der Waals surface area contributed by atoms with Gasteiger partial charge in [0.05, 0.1) is 5.52 Å². The minimum atomic E-state index is 0.538. The summed E-state index contributed by atoms with van der Waals surface area (Å²) >= 11 is 9.73. The Labute approximate surface area is 119 Å². The molecule has 0 atom stereocenters. The number of rotatable bonds is 1. The lowest BCUT2D eigenvalue weighted by Crippen LogP contribution is -1.86. The molecule has 0 unspecified atom stereocenters. The molecule has 1 aromatic heterocycles. The van der Waals surface area contributed by atoms with Crippen molar-refractivity contribution in [1.82, 2.24) is 4.98 Å². The van der Waals surface area contributed by atoms with Gasteiger partial charge in [0.15, 0.2) is 0 Å². The standard InChI is InChI=1S/C15H9BrClN/c16-12-6-7-14-11(8-12)9-13(15(17)18-14)10-4-2-1-3-5-10/h1-9H. The summed E-state index contributed by atoms with van der Waals surface area (Å²) in [5.74, 6) is 0. The van der Waals surface area contributed by atoms with Gasteiger partial charge in [0.2, 0.25) is 0 Å². The maximum Gasteiger partial charge on any atom is 0.137 e. The fourth-order valence-electron chi connectivity index (χ4n) is 1.94. The van der Waals surface area contributed by atoms with E-state index in [2.05, 4.69) is 27.0 Å². The van der Waals surface area contributed by atoms with E-state index in [0.717, 1.165) is 26.5 Å². The second-order valence-corrected chi connectivity index (χ2v) is 5.30. The van der Waals surface area contributed by atoms with Gasteiger partial charge in [-0.3, -0.25) is 0 Å². The lowest BCUT2D eigenvalue weighted by Gasteiger charge is -2.06. The van der Waals surface area contributed by atoms with Crippen LogP contribution in [0.3, 0.4) is 0 Å². The Kier molecular flexibility index (Phi) is 3.06. The molecule has 2 aromatic carbocycles. The summed E-state index contributed by atoms with van der Waals surface area (Å²) in [6.07, 6.45) is 0. The quantitative estimate of drug-likeness (QED) is 0.553. The fourth-order valence-corrected chi connectivity index (χ4v) is 2.58. The first-order valence-corrected chi connectivity index (χ1v) is 6.72. The summed E-state index contributed by atoms with van der Waals surface area (Å²) in [6, 6.07) is 18.1. The van der Waals surface area contributed by atoms with E-state index in [0.29, 0.717) is 5.15 Å². The number of benzene rings is 2. The van der Waals surface area contributed by atoms with E-state index in [4.69, 9.17) is 11.6 Å². The number of hydrogen-bond acceptors (Lipinski definition) is 1. The normalized spacial score (nSPS) is 10.8. The molecule has 0 aliphatic heterocycles. The maximum absolute atomic E-state index is 6.25. The Bertz CT molecular complexity index is 710. The van der Waals surface area contributed by atoms with Crippen LogP contribution >= 0.6 is 27.5 Å². The van der Waals surface area contributed by atoms with Gasteiger partial charge in [-0.1, -0.05) is 57.9 Å². The van der Waals surface area contributed by atoms with Crippen molar-refractivity contribution in [2.45, 2.75) is 0 Å². The first kappa shape index (κ1) is 11.7. The van der Waals surface area contributed by atoms with Crippen LogP contribution in [0, 0.1) is 0 Å². The third kappa shape index (κ3) is 2.14. The Morgan fingerprint density at radius 3 is 2.50 bits per heavy atom. The highest BCUT2D eigenvalue weighted by Gasteiger charge is 2.07. The first-order chi connectivity index (χ1) is 8.74. The van der Waals surface area contributed by atoms with Crippen molar-refractivity contribution < 1.29 is 0 Å². The number of pyridine rings is 1. The Hall–Kier alpha value is -1.38. The van der Waals surface area contributed by atoms with Crippen LogP contribution in [-0.2, 0) is 0 Å². The van der Waals surface area contributed by atoms with Gasteiger partial charge in [-0.05, 0) is 29.8 Å². The van der Waals surface area contributed by atoms with Crippen LogP contribution in [-0.4, -0.2) is 4.98 Å². The number of aromatic nitrogens is 1. The van der Waals surface area contributed by atoms with E-state index in [1.807, 2.05) is 48.5 Å². The van der Waals surface area contributed by atoms with Crippen LogP contribution < -0.4 is 0 Å². The SMILES string of the molecule is Clc1nc2ccc(Br)cc2cc1-c1ccccc1. The zero-order chi connectivity index (χ0) is 12.5. The highest BCUT2D eigenvalue weighted by atomic mass is 79.9. The van der Waals surface area contributed by atoms with Gasteiger partial charge in [0.25, 0.3) is 0 Å². The summed E-state index contributed by atoms with van der Waals surface area (Å²) in [5.41, 5.74) is 2.95. The van der Waals surface area contributed by atoms with Crippen molar-refractivity contribution in [1.29, 1.82) is 0 Å². The van der Waals surface area contributed by atoms with Crippen molar-refractivity contribution in [3.8, 4) is 11.1 Å². The fraction of sp³-hybridized carbons (Fsp3) is 0. The van der Waals surface area contributed by atoms with Crippen molar-refractivity contribution in [3.63, 3.8) is 0 Å². The summed E-state index contributed by atoms with van der Waals surface area (Å²) in [4.78, 5) is 4.44. The van der Waals surface area contributed by atoms with E-state index < -0.39 is 0 Å². The van der Waals surface area contributed by atoms with Crippen molar-refractivity contribution in [2.75, 3.05) is 0 Å². The molecular weight excluding hydrogens is 310 g/mol. The van der Waals surface area contributed by atoms with Crippen molar-refractivity contribution >= 4 is 38.4 Å². The molecule has 3 heteroatoms. The van der Waals surface area contributed by atoms with Crippen molar-refractivity contribution in [3.05, 3.63) is 64.2 Å². The predicted molar refractivity (Wildman–Crippen MR) is 79.9 cm³/mol. The minimum absolute atomic E-state index is 0.538. The van der Waals surface area contributed by atoms with Crippen LogP contribution in [0.5, 0.6) is 0 Å². The molecule has 0 aliphatic rings. The highest BCUT2D eigenvalue weighted by Crippen LogP contribution is 2.30. The lowest BCUT2D eigenvalue weighted by atomic mass is 10.1. The van der Waals surface area contributed by atoms with Gasteiger partial charge in [-0.2, -0.15) is 0 Å². The van der Waals surface area contributed by atoms with Crippen LogP contribution in [0.15, 0.2) is 59.1 Å². The van der Waals surface area contributed by atoms with Gasteiger partial charge in [-0.25, -0.2) is 4.98 Å². The smallest absolute Gasteiger partial charge is 0.137 e. The Morgan fingerprint density at radius 1 is 0.944 bits per heavy atom. The number of halogens is 2. The molecular formula is C15H9BrClN. The minimum Gasteiger partial charge on any atom is -0.235 e. The van der Waals surface area contributed by atoms with Crippen LogP contribution in [0.4, 0.5) is 0 Å². The third-order valence-electron chi connectivity index (χ3n) is 2.82. The lowest BCUT2D eigenvalue weighted by molar-refractivity contribution is 1.40. The largest absolute Gasteiger partial charge is 0.235 e. The highest BCUT2D eigenvalue weighted by molar-refractivity contribution is 9.10. The van der Waals surface area contributed by atoms with E-state index >= 15 is 0 Å². The van der Waals surface area contributed by atoms with Crippen LogP contribution in [0.1, 0.15) is 0 Å². The van der Waals surface area contributed by atoms with E-state index in [1.54, 1.807) is 0 Å². The second-order valence-electron chi connectivity index (χ2n) is 4.03. The number of hydrogen-bond donors (Lipinski definition) is 0. The monoisotopic (exact) mass is 317 g/mol.